The highest BCUT2D eigenvalue weighted by molar-refractivity contribution is 5.77. The van der Waals surface area contributed by atoms with Gasteiger partial charge in [0.25, 0.3) is 0 Å². The van der Waals surface area contributed by atoms with E-state index in [0.717, 1.165) is 41.6 Å². The predicted molar refractivity (Wildman–Crippen MR) is 137 cm³/mol. The van der Waals surface area contributed by atoms with Crippen molar-refractivity contribution in [2.45, 2.75) is 13.2 Å². The number of halogens is 1. The smallest absolute Gasteiger partial charge is 0.146 e. The van der Waals surface area contributed by atoms with Crippen LogP contribution in [0, 0.1) is 11.2 Å². The van der Waals surface area contributed by atoms with Crippen LogP contribution < -0.4 is 10.4 Å². The maximum atomic E-state index is 13.6. The van der Waals surface area contributed by atoms with Crippen molar-refractivity contribution < 1.29 is 13.9 Å². The summed E-state index contributed by atoms with van der Waals surface area (Å²) in [5.41, 5.74) is 4.21. The normalized spacial score (nSPS) is 15.8. The third kappa shape index (κ3) is 4.81. The molecule has 1 fully saturated rings. The van der Waals surface area contributed by atoms with Gasteiger partial charge in [-0.05, 0) is 60.2 Å². The predicted octanol–water partition coefficient (Wildman–Crippen LogP) is 3.42. The molecule has 0 atom stereocenters. The van der Waals surface area contributed by atoms with Crippen LogP contribution in [-0.2, 0) is 22.6 Å². The fourth-order valence-corrected chi connectivity index (χ4v) is 4.58. The molecule has 6 rings (SSSR count). The second kappa shape index (κ2) is 10.1. The first-order valence-electron chi connectivity index (χ1n) is 12.2. The van der Waals surface area contributed by atoms with Crippen molar-refractivity contribution in [3.63, 3.8) is 0 Å². The van der Waals surface area contributed by atoms with Gasteiger partial charge in [0.15, 0.2) is 0 Å². The van der Waals surface area contributed by atoms with Crippen LogP contribution in [0.4, 0.5) is 10.2 Å². The molecule has 0 saturated carbocycles. The van der Waals surface area contributed by atoms with Gasteiger partial charge in [0.2, 0.25) is 0 Å². The van der Waals surface area contributed by atoms with Crippen molar-refractivity contribution in [3.05, 3.63) is 77.4 Å². The first kappa shape index (κ1) is 23.3. The van der Waals surface area contributed by atoms with Crippen LogP contribution in [0.1, 0.15) is 11.4 Å². The van der Waals surface area contributed by atoms with E-state index in [1.807, 2.05) is 24.3 Å². The molecule has 1 N–H and O–H groups in total. The van der Waals surface area contributed by atoms with Gasteiger partial charge in [0.05, 0.1) is 31.2 Å². The maximum Gasteiger partial charge on any atom is 0.146 e. The number of rotatable bonds is 5. The zero-order valence-corrected chi connectivity index (χ0v) is 20.2. The van der Waals surface area contributed by atoms with E-state index in [2.05, 4.69) is 14.5 Å². The second-order valence-electron chi connectivity index (χ2n) is 8.85. The molecule has 0 spiro atoms. The van der Waals surface area contributed by atoms with Gasteiger partial charge in [-0.1, -0.05) is 0 Å². The number of morpholine rings is 1. The van der Waals surface area contributed by atoms with Crippen molar-refractivity contribution in [1.29, 1.82) is 5.41 Å². The number of benzene rings is 1. The number of fused-ring (bicyclic) bond motifs is 1. The Hall–Kier alpha value is -4.15. The van der Waals surface area contributed by atoms with E-state index in [9.17, 15) is 4.39 Å². The van der Waals surface area contributed by atoms with E-state index in [-0.39, 0.29) is 11.3 Å². The molecular weight excluding hydrogens is 473 g/mol. The number of imidazole rings is 1. The number of pyridine rings is 1. The van der Waals surface area contributed by atoms with Gasteiger partial charge in [-0.25, -0.2) is 19.0 Å². The van der Waals surface area contributed by atoms with E-state index in [1.54, 1.807) is 30.6 Å². The Kier molecular flexibility index (Phi) is 6.33. The molecule has 2 aliphatic rings. The Morgan fingerprint density at radius 2 is 1.76 bits per heavy atom. The highest BCUT2D eigenvalue weighted by Crippen LogP contribution is 2.33. The van der Waals surface area contributed by atoms with Crippen molar-refractivity contribution in [2.75, 3.05) is 37.8 Å². The maximum absolute atomic E-state index is 13.6. The second-order valence-corrected chi connectivity index (χ2v) is 8.85. The Morgan fingerprint density at radius 3 is 2.59 bits per heavy atom. The van der Waals surface area contributed by atoms with Crippen molar-refractivity contribution >= 4 is 18.1 Å². The summed E-state index contributed by atoms with van der Waals surface area (Å²) in [5, 5.41) is 13.2. The van der Waals surface area contributed by atoms with Crippen LogP contribution in [0.5, 0.6) is 0 Å². The molecule has 0 radical (unpaired) electrons. The highest BCUT2D eigenvalue weighted by atomic mass is 19.1. The standard InChI is InChI=1S/C27H26FN7O2/c28-21-3-1-20(2-4-21)26-27(34-13-16-37-18-25(34)31-26)22-5-6-23(29)35(32-22)10-8-19-7-9-30-24(17-19)33-11-14-36-15-12-33/h1-10,17,29H,11-16,18H2/b10-8+,29-23?. The van der Waals surface area contributed by atoms with Gasteiger partial charge in [-0.15, -0.1) is 0 Å². The quantitative estimate of drug-likeness (QED) is 0.452. The lowest BCUT2D eigenvalue weighted by molar-refractivity contribution is 0.0821. The minimum Gasteiger partial charge on any atom is -0.378 e. The summed E-state index contributed by atoms with van der Waals surface area (Å²) in [5.74, 6) is 1.40. The third-order valence-electron chi connectivity index (χ3n) is 6.47. The average Bonchev–Trinajstić information content (AvgIpc) is 3.33. The third-order valence-corrected chi connectivity index (χ3v) is 6.47. The first-order valence-corrected chi connectivity index (χ1v) is 12.2. The first-order chi connectivity index (χ1) is 18.2. The van der Waals surface area contributed by atoms with Gasteiger partial charge in [0.1, 0.15) is 35.2 Å². The molecule has 188 valence electrons. The highest BCUT2D eigenvalue weighted by Gasteiger charge is 2.23. The van der Waals surface area contributed by atoms with Crippen molar-refractivity contribution in [1.82, 2.24) is 24.3 Å². The Labute approximate surface area is 212 Å². The summed E-state index contributed by atoms with van der Waals surface area (Å²) in [7, 11) is 0. The molecule has 1 aromatic carbocycles. The summed E-state index contributed by atoms with van der Waals surface area (Å²) in [4.78, 5) is 11.5. The number of nitrogens with one attached hydrogen (secondary N) is 1. The fraction of sp³-hybridized carbons (Fsp3) is 0.259. The van der Waals surface area contributed by atoms with Crippen LogP contribution >= 0.6 is 0 Å². The molecule has 1 saturated heterocycles. The summed E-state index contributed by atoms with van der Waals surface area (Å²) in [6.45, 7) is 4.63. The van der Waals surface area contributed by atoms with Gasteiger partial charge >= 0.3 is 0 Å². The van der Waals surface area contributed by atoms with E-state index in [0.29, 0.717) is 44.4 Å². The molecular formula is C27H26FN7O2. The number of nitrogens with zero attached hydrogens (tertiary/aromatic N) is 6. The number of hydrogen-bond acceptors (Lipinski definition) is 7. The molecule has 0 amide bonds. The van der Waals surface area contributed by atoms with E-state index < -0.39 is 0 Å². The van der Waals surface area contributed by atoms with Crippen LogP contribution in [0.3, 0.4) is 0 Å². The Bertz CT molecular complexity index is 1500. The summed E-state index contributed by atoms with van der Waals surface area (Å²) < 4.78 is 28.3. The Morgan fingerprint density at radius 1 is 0.946 bits per heavy atom. The summed E-state index contributed by atoms with van der Waals surface area (Å²) in [6, 6.07) is 13.8. The largest absolute Gasteiger partial charge is 0.378 e. The Balaban J connectivity index is 1.36. The minimum absolute atomic E-state index is 0.243. The lowest BCUT2D eigenvalue weighted by Crippen LogP contribution is -2.36. The van der Waals surface area contributed by atoms with Gasteiger partial charge in [-0.2, -0.15) is 5.10 Å². The summed E-state index contributed by atoms with van der Waals surface area (Å²) >= 11 is 0. The molecule has 9 nitrogen and oxygen atoms in total. The fourth-order valence-electron chi connectivity index (χ4n) is 4.58. The molecule has 0 aliphatic carbocycles. The molecule has 0 unspecified atom stereocenters. The van der Waals surface area contributed by atoms with E-state index in [4.69, 9.17) is 25.0 Å². The molecule has 37 heavy (non-hydrogen) atoms. The number of hydrogen-bond donors (Lipinski definition) is 1. The molecule has 2 aliphatic heterocycles. The number of anilines is 1. The SMILES string of the molecule is N=c1ccc(-c2c(-c3ccc(F)cc3)nc3n2CCOC3)nn1/C=C/c1ccnc(N2CCOCC2)c1. The lowest BCUT2D eigenvalue weighted by atomic mass is 10.1. The van der Waals surface area contributed by atoms with Gasteiger partial charge < -0.3 is 18.9 Å². The molecule has 4 aromatic rings. The van der Waals surface area contributed by atoms with Crippen molar-refractivity contribution in [3.8, 4) is 22.6 Å². The minimum atomic E-state index is -0.301. The van der Waals surface area contributed by atoms with Crippen LogP contribution in [0.2, 0.25) is 0 Å². The zero-order chi connectivity index (χ0) is 25.2. The topological polar surface area (TPSA) is 94.1 Å². The van der Waals surface area contributed by atoms with Gasteiger partial charge in [-0.3, -0.25) is 5.41 Å². The van der Waals surface area contributed by atoms with Crippen LogP contribution in [0.15, 0.2) is 54.7 Å². The molecule has 5 heterocycles. The molecule has 0 bridgehead atoms. The summed E-state index contributed by atoms with van der Waals surface area (Å²) in [6.07, 6.45) is 5.48. The molecule has 10 heteroatoms. The zero-order valence-electron chi connectivity index (χ0n) is 20.2. The number of ether oxygens (including phenoxy) is 2. The van der Waals surface area contributed by atoms with E-state index >= 15 is 0 Å². The monoisotopic (exact) mass is 499 g/mol. The molecule has 3 aromatic heterocycles. The average molecular weight is 500 g/mol. The van der Waals surface area contributed by atoms with Crippen LogP contribution in [-0.4, -0.2) is 57.2 Å². The number of aromatic nitrogens is 5. The van der Waals surface area contributed by atoms with E-state index in [1.165, 1.54) is 16.8 Å². The van der Waals surface area contributed by atoms with Crippen molar-refractivity contribution in [2.24, 2.45) is 0 Å². The lowest BCUT2D eigenvalue weighted by Gasteiger charge is -2.27. The van der Waals surface area contributed by atoms with Gasteiger partial charge in [0, 0.05) is 37.6 Å². The van der Waals surface area contributed by atoms with Crippen LogP contribution in [0.25, 0.3) is 34.9 Å².